The van der Waals surface area contributed by atoms with E-state index in [0.717, 1.165) is 18.8 Å². The molecule has 1 aromatic heterocycles. The van der Waals surface area contributed by atoms with Gasteiger partial charge in [0.05, 0.1) is 18.0 Å². The largest absolute Gasteiger partial charge is 0.383 e. The number of rotatable bonds is 4. The zero-order chi connectivity index (χ0) is 11.2. The molecule has 0 bridgehead atoms. The summed E-state index contributed by atoms with van der Waals surface area (Å²) >= 11 is 0. The number of nitriles is 1. The van der Waals surface area contributed by atoms with Crippen molar-refractivity contribution in [3.63, 3.8) is 0 Å². The summed E-state index contributed by atoms with van der Waals surface area (Å²) in [6.45, 7) is 1.71. The molecule has 1 N–H and O–H groups in total. The minimum absolute atomic E-state index is 0.681. The van der Waals surface area contributed by atoms with Gasteiger partial charge in [0.2, 0.25) is 0 Å². The van der Waals surface area contributed by atoms with Crippen LogP contribution < -0.4 is 5.32 Å². The number of aromatic nitrogens is 2. The highest BCUT2D eigenvalue weighted by Crippen LogP contribution is 2.08. The topological polar surface area (TPSA) is 53.6 Å². The second kappa shape index (κ2) is 4.99. The van der Waals surface area contributed by atoms with Crippen LogP contribution in [0, 0.1) is 11.3 Å². The molecule has 0 fully saturated rings. The van der Waals surface area contributed by atoms with Gasteiger partial charge < -0.3 is 9.88 Å². The van der Waals surface area contributed by atoms with Gasteiger partial charge >= 0.3 is 0 Å². The van der Waals surface area contributed by atoms with Crippen LogP contribution in [0.3, 0.4) is 0 Å². The summed E-state index contributed by atoms with van der Waals surface area (Å²) in [6, 6.07) is 9.52. The van der Waals surface area contributed by atoms with Crippen molar-refractivity contribution in [2.45, 2.75) is 6.54 Å². The van der Waals surface area contributed by atoms with Crippen LogP contribution in [0.5, 0.6) is 0 Å². The Kier molecular flexibility index (Phi) is 3.19. The van der Waals surface area contributed by atoms with E-state index in [1.54, 1.807) is 24.7 Å². The van der Waals surface area contributed by atoms with Gasteiger partial charge in [0.25, 0.3) is 0 Å². The minimum atomic E-state index is 0.681. The zero-order valence-corrected chi connectivity index (χ0v) is 8.80. The van der Waals surface area contributed by atoms with E-state index in [4.69, 9.17) is 5.26 Å². The van der Waals surface area contributed by atoms with Crippen LogP contribution in [0.25, 0.3) is 0 Å². The lowest BCUT2D eigenvalue weighted by molar-refractivity contribution is 0.727. The van der Waals surface area contributed by atoms with Crippen molar-refractivity contribution in [1.29, 1.82) is 5.26 Å². The molecule has 0 radical (unpaired) electrons. The summed E-state index contributed by atoms with van der Waals surface area (Å²) in [7, 11) is 0. The number of hydrogen-bond acceptors (Lipinski definition) is 3. The maximum Gasteiger partial charge on any atom is 0.0991 e. The smallest absolute Gasteiger partial charge is 0.0991 e. The van der Waals surface area contributed by atoms with E-state index in [1.165, 1.54) is 0 Å². The maximum atomic E-state index is 8.65. The average Bonchev–Trinajstić information content (AvgIpc) is 2.83. The molecular weight excluding hydrogens is 200 g/mol. The Morgan fingerprint density at radius 3 is 2.75 bits per heavy atom. The Hall–Kier alpha value is -2.28. The van der Waals surface area contributed by atoms with E-state index in [1.807, 2.05) is 22.9 Å². The van der Waals surface area contributed by atoms with E-state index in [9.17, 15) is 0 Å². The third kappa shape index (κ3) is 2.61. The summed E-state index contributed by atoms with van der Waals surface area (Å²) in [5.74, 6) is 0. The molecule has 4 nitrogen and oxygen atoms in total. The standard InChI is InChI=1S/C12H12N4/c13-9-11-1-3-12(4-2-11)15-6-8-16-7-5-14-10-16/h1-5,7,10,15H,6,8H2. The van der Waals surface area contributed by atoms with Crippen LogP contribution >= 0.6 is 0 Å². The number of imidazole rings is 1. The van der Waals surface area contributed by atoms with Crippen LogP contribution in [0.15, 0.2) is 43.0 Å². The van der Waals surface area contributed by atoms with Gasteiger partial charge in [-0.2, -0.15) is 5.26 Å². The molecule has 16 heavy (non-hydrogen) atoms. The van der Waals surface area contributed by atoms with Crippen LogP contribution in [0.2, 0.25) is 0 Å². The molecule has 0 aliphatic rings. The second-order valence-electron chi connectivity index (χ2n) is 3.42. The number of hydrogen-bond donors (Lipinski definition) is 1. The first kappa shape index (κ1) is 10.2. The minimum Gasteiger partial charge on any atom is -0.383 e. The molecule has 80 valence electrons. The molecule has 0 saturated heterocycles. The highest BCUT2D eigenvalue weighted by atomic mass is 15.0. The van der Waals surface area contributed by atoms with E-state index < -0.39 is 0 Å². The third-order valence-corrected chi connectivity index (χ3v) is 2.27. The number of benzene rings is 1. The Labute approximate surface area is 94.2 Å². The van der Waals surface area contributed by atoms with Crippen molar-refractivity contribution in [3.05, 3.63) is 48.5 Å². The van der Waals surface area contributed by atoms with Crippen LogP contribution in [-0.2, 0) is 6.54 Å². The molecule has 1 heterocycles. The molecule has 2 rings (SSSR count). The Morgan fingerprint density at radius 2 is 2.12 bits per heavy atom. The van der Waals surface area contributed by atoms with E-state index in [0.29, 0.717) is 5.56 Å². The van der Waals surface area contributed by atoms with Gasteiger partial charge in [0.1, 0.15) is 0 Å². The van der Waals surface area contributed by atoms with Gasteiger partial charge in [-0.15, -0.1) is 0 Å². The SMILES string of the molecule is N#Cc1ccc(NCCn2ccnc2)cc1. The Bertz CT molecular complexity index is 465. The number of anilines is 1. The Balaban J connectivity index is 1.83. The van der Waals surface area contributed by atoms with Gasteiger partial charge in [0, 0.05) is 31.2 Å². The lowest BCUT2D eigenvalue weighted by Gasteiger charge is -2.06. The molecule has 0 aliphatic carbocycles. The predicted molar refractivity (Wildman–Crippen MR) is 61.9 cm³/mol. The van der Waals surface area contributed by atoms with Crippen LogP contribution in [-0.4, -0.2) is 16.1 Å². The monoisotopic (exact) mass is 212 g/mol. The first-order valence-electron chi connectivity index (χ1n) is 5.08. The van der Waals surface area contributed by atoms with Crippen molar-refractivity contribution >= 4 is 5.69 Å². The van der Waals surface area contributed by atoms with Crippen LogP contribution in [0.1, 0.15) is 5.56 Å². The molecular formula is C12H12N4. The van der Waals surface area contributed by atoms with Gasteiger partial charge in [-0.05, 0) is 24.3 Å². The molecule has 2 aromatic rings. The molecule has 1 aromatic carbocycles. The van der Waals surface area contributed by atoms with Gasteiger partial charge in [-0.1, -0.05) is 0 Å². The molecule has 0 unspecified atom stereocenters. The fourth-order valence-electron chi connectivity index (χ4n) is 1.41. The van der Waals surface area contributed by atoms with Gasteiger partial charge in [-0.25, -0.2) is 4.98 Å². The maximum absolute atomic E-state index is 8.65. The molecule has 0 aliphatic heterocycles. The van der Waals surface area contributed by atoms with Gasteiger partial charge in [0.15, 0.2) is 0 Å². The van der Waals surface area contributed by atoms with E-state index >= 15 is 0 Å². The zero-order valence-electron chi connectivity index (χ0n) is 8.80. The molecule has 4 heteroatoms. The molecule has 0 atom stereocenters. The molecule has 0 amide bonds. The summed E-state index contributed by atoms with van der Waals surface area (Å²) < 4.78 is 2.01. The molecule has 0 saturated carbocycles. The predicted octanol–water partition coefficient (Wildman–Crippen LogP) is 1.87. The first-order chi connectivity index (χ1) is 7.88. The lowest BCUT2D eigenvalue weighted by atomic mass is 10.2. The average molecular weight is 212 g/mol. The number of nitrogens with zero attached hydrogens (tertiary/aromatic N) is 3. The van der Waals surface area contributed by atoms with Crippen molar-refractivity contribution in [3.8, 4) is 6.07 Å². The lowest BCUT2D eigenvalue weighted by Crippen LogP contribution is -2.08. The van der Waals surface area contributed by atoms with Crippen LogP contribution in [0.4, 0.5) is 5.69 Å². The summed E-state index contributed by atoms with van der Waals surface area (Å²) in [4.78, 5) is 3.97. The van der Waals surface area contributed by atoms with E-state index in [2.05, 4.69) is 16.4 Å². The summed E-state index contributed by atoms with van der Waals surface area (Å²) in [5, 5.41) is 11.9. The highest BCUT2D eigenvalue weighted by molar-refractivity contribution is 5.46. The second-order valence-corrected chi connectivity index (χ2v) is 3.42. The van der Waals surface area contributed by atoms with Crippen molar-refractivity contribution < 1.29 is 0 Å². The first-order valence-corrected chi connectivity index (χ1v) is 5.08. The highest BCUT2D eigenvalue weighted by Gasteiger charge is 1.93. The third-order valence-electron chi connectivity index (χ3n) is 2.27. The van der Waals surface area contributed by atoms with Crippen molar-refractivity contribution in [2.75, 3.05) is 11.9 Å². The fourth-order valence-corrected chi connectivity index (χ4v) is 1.41. The van der Waals surface area contributed by atoms with Crippen molar-refractivity contribution in [2.24, 2.45) is 0 Å². The quantitative estimate of drug-likeness (QED) is 0.841. The molecule has 0 spiro atoms. The Morgan fingerprint density at radius 1 is 1.31 bits per heavy atom. The fraction of sp³-hybridized carbons (Fsp3) is 0.167. The number of nitrogens with one attached hydrogen (secondary N) is 1. The normalized spacial score (nSPS) is 9.69. The van der Waals surface area contributed by atoms with E-state index in [-0.39, 0.29) is 0 Å². The summed E-state index contributed by atoms with van der Waals surface area (Å²) in [6.07, 6.45) is 5.49. The van der Waals surface area contributed by atoms with Gasteiger partial charge in [-0.3, -0.25) is 0 Å². The summed E-state index contributed by atoms with van der Waals surface area (Å²) in [5.41, 5.74) is 1.71. The van der Waals surface area contributed by atoms with Crippen molar-refractivity contribution in [1.82, 2.24) is 9.55 Å².